The molecule has 0 saturated carbocycles. The van der Waals surface area contributed by atoms with Crippen molar-refractivity contribution in [1.82, 2.24) is 10.2 Å². The van der Waals surface area contributed by atoms with E-state index in [2.05, 4.69) is 24.5 Å². The Labute approximate surface area is 119 Å². The van der Waals surface area contributed by atoms with Gasteiger partial charge in [-0.3, -0.25) is 0 Å². The molecule has 2 rings (SSSR count). The fourth-order valence-corrected chi connectivity index (χ4v) is 2.38. The molecule has 0 spiro atoms. The van der Waals surface area contributed by atoms with Crippen LogP contribution >= 0.6 is 11.6 Å². The Balaban J connectivity index is 2.07. The van der Waals surface area contributed by atoms with E-state index < -0.39 is 0 Å². The van der Waals surface area contributed by atoms with Gasteiger partial charge in [-0.1, -0.05) is 11.6 Å². The lowest BCUT2D eigenvalue weighted by Gasteiger charge is -2.36. The summed E-state index contributed by atoms with van der Waals surface area (Å²) >= 11 is 5.83. The van der Waals surface area contributed by atoms with Gasteiger partial charge in [0.2, 0.25) is 0 Å². The predicted molar refractivity (Wildman–Crippen MR) is 78.7 cm³/mol. The third-order valence-corrected chi connectivity index (χ3v) is 3.62. The molecule has 0 radical (unpaired) electrons. The number of hydrogen-bond donors (Lipinski definition) is 2. The molecule has 1 fully saturated rings. The van der Waals surface area contributed by atoms with Crippen LogP contribution in [0, 0.1) is 0 Å². The molecule has 0 bridgehead atoms. The third-order valence-electron chi connectivity index (χ3n) is 3.36. The Kier molecular flexibility index (Phi) is 4.32. The van der Waals surface area contributed by atoms with Crippen LogP contribution < -0.4 is 10.6 Å². The van der Waals surface area contributed by atoms with Crippen molar-refractivity contribution in [1.29, 1.82) is 0 Å². The van der Waals surface area contributed by atoms with E-state index in [1.807, 2.05) is 17.0 Å². The largest absolute Gasteiger partial charge is 0.322 e. The molecule has 0 aliphatic carbocycles. The van der Waals surface area contributed by atoms with E-state index in [-0.39, 0.29) is 11.6 Å². The second-order valence-electron chi connectivity index (χ2n) is 5.43. The summed E-state index contributed by atoms with van der Waals surface area (Å²) < 4.78 is 0. The topological polar surface area (TPSA) is 44.4 Å². The van der Waals surface area contributed by atoms with E-state index in [1.54, 1.807) is 12.1 Å². The third kappa shape index (κ3) is 3.61. The molecule has 1 aliphatic rings. The van der Waals surface area contributed by atoms with Gasteiger partial charge in [0.25, 0.3) is 0 Å². The fraction of sp³-hybridized carbons (Fsp3) is 0.500. The summed E-state index contributed by atoms with van der Waals surface area (Å²) in [5, 5.41) is 6.94. The van der Waals surface area contributed by atoms with Crippen molar-refractivity contribution >= 4 is 23.3 Å². The highest BCUT2D eigenvalue weighted by Crippen LogP contribution is 2.19. The average Bonchev–Trinajstić information content (AvgIpc) is 2.53. The van der Waals surface area contributed by atoms with Crippen molar-refractivity contribution in [2.75, 3.05) is 25.0 Å². The second kappa shape index (κ2) is 5.80. The lowest BCUT2D eigenvalue weighted by atomic mass is 10.0. The van der Waals surface area contributed by atoms with Crippen LogP contribution in [-0.4, -0.2) is 36.1 Å². The molecule has 0 atom stereocenters. The number of nitrogens with one attached hydrogen (secondary N) is 2. The molecule has 5 heteroatoms. The first-order valence-electron chi connectivity index (χ1n) is 6.54. The van der Waals surface area contributed by atoms with Crippen LogP contribution in [0.3, 0.4) is 0 Å². The number of hydrogen-bond acceptors (Lipinski definition) is 2. The smallest absolute Gasteiger partial charge is 0.318 e. The normalized spacial score (nSPS) is 18.8. The number of benzene rings is 1. The molecule has 1 aromatic rings. The fourth-order valence-electron chi connectivity index (χ4n) is 2.26. The Hall–Kier alpha value is -1.26. The van der Waals surface area contributed by atoms with Gasteiger partial charge >= 0.3 is 6.03 Å². The Morgan fingerprint density at radius 2 is 2.05 bits per heavy atom. The molecule has 2 N–H and O–H groups in total. The predicted octanol–water partition coefficient (Wildman–Crippen LogP) is 2.95. The van der Waals surface area contributed by atoms with Crippen molar-refractivity contribution < 1.29 is 4.79 Å². The van der Waals surface area contributed by atoms with E-state index in [9.17, 15) is 4.79 Å². The van der Waals surface area contributed by atoms with Crippen LogP contribution in [0.15, 0.2) is 24.3 Å². The summed E-state index contributed by atoms with van der Waals surface area (Å²) in [5.74, 6) is 0. The maximum absolute atomic E-state index is 12.4. The highest BCUT2D eigenvalue weighted by molar-refractivity contribution is 6.30. The van der Waals surface area contributed by atoms with Gasteiger partial charge in [-0.15, -0.1) is 0 Å². The number of amides is 2. The van der Waals surface area contributed by atoms with Gasteiger partial charge in [0.15, 0.2) is 0 Å². The van der Waals surface area contributed by atoms with Crippen molar-refractivity contribution in [3.63, 3.8) is 0 Å². The first-order valence-corrected chi connectivity index (χ1v) is 6.92. The summed E-state index contributed by atoms with van der Waals surface area (Å²) in [4.78, 5) is 14.3. The second-order valence-corrected chi connectivity index (χ2v) is 5.87. The Bertz CT molecular complexity index is 445. The van der Waals surface area contributed by atoms with Crippen LogP contribution in [0.1, 0.15) is 20.3 Å². The molecule has 19 heavy (non-hydrogen) atoms. The molecule has 1 aromatic carbocycles. The van der Waals surface area contributed by atoms with Gasteiger partial charge in [0, 0.05) is 23.8 Å². The summed E-state index contributed by atoms with van der Waals surface area (Å²) in [6, 6.07) is 7.10. The average molecular weight is 282 g/mol. The number of nitrogens with zero attached hydrogens (tertiary/aromatic N) is 1. The number of anilines is 1. The lowest BCUT2D eigenvalue weighted by Crippen LogP contribution is -2.52. The minimum atomic E-state index is -0.187. The molecule has 1 aliphatic heterocycles. The Morgan fingerprint density at radius 1 is 1.37 bits per heavy atom. The van der Waals surface area contributed by atoms with Crippen LogP contribution in [-0.2, 0) is 0 Å². The first kappa shape index (κ1) is 14.2. The van der Waals surface area contributed by atoms with E-state index >= 15 is 0 Å². The van der Waals surface area contributed by atoms with Crippen LogP contribution in [0.25, 0.3) is 0 Å². The molecule has 2 amide bonds. The lowest BCUT2D eigenvalue weighted by molar-refractivity contribution is 0.155. The molecule has 104 valence electrons. The van der Waals surface area contributed by atoms with Gasteiger partial charge in [-0.2, -0.15) is 0 Å². The van der Waals surface area contributed by atoms with E-state index in [4.69, 9.17) is 11.6 Å². The van der Waals surface area contributed by atoms with Gasteiger partial charge in [-0.25, -0.2) is 4.79 Å². The molecular formula is C14H20ClN3O. The maximum atomic E-state index is 12.4. The number of rotatable bonds is 1. The summed E-state index contributed by atoms with van der Waals surface area (Å²) in [6.45, 7) is 6.67. The number of urea groups is 1. The number of carbonyl (C=O) groups excluding carboxylic acids is 1. The van der Waals surface area contributed by atoms with Gasteiger partial charge in [-0.05, 0) is 51.1 Å². The van der Waals surface area contributed by atoms with Gasteiger partial charge in [0.05, 0.1) is 5.54 Å². The molecule has 1 saturated heterocycles. The quantitative estimate of drug-likeness (QED) is 0.831. The minimum absolute atomic E-state index is 0.0592. The van der Waals surface area contributed by atoms with Crippen molar-refractivity contribution in [2.45, 2.75) is 25.8 Å². The van der Waals surface area contributed by atoms with E-state index in [1.165, 1.54) is 0 Å². The van der Waals surface area contributed by atoms with E-state index in [0.29, 0.717) is 5.02 Å². The first-order chi connectivity index (χ1) is 8.99. The zero-order valence-electron chi connectivity index (χ0n) is 11.4. The monoisotopic (exact) mass is 281 g/mol. The molecular weight excluding hydrogens is 262 g/mol. The highest BCUT2D eigenvalue weighted by atomic mass is 35.5. The number of halogens is 1. The van der Waals surface area contributed by atoms with Crippen molar-refractivity contribution in [3.8, 4) is 0 Å². The minimum Gasteiger partial charge on any atom is -0.318 e. The molecule has 0 unspecified atom stereocenters. The van der Waals surface area contributed by atoms with Crippen LogP contribution in [0.4, 0.5) is 10.5 Å². The zero-order valence-corrected chi connectivity index (χ0v) is 12.1. The standard InChI is InChI=1S/C14H20ClN3O/c1-14(2)10-16-8-3-9-18(14)13(19)17-12-6-4-11(15)5-7-12/h4-7,16H,3,8-10H2,1-2H3,(H,17,19). The molecule has 0 aromatic heterocycles. The van der Waals surface area contributed by atoms with Gasteiger partial charge < -0.3 is 15.5 Å². The molecule has 1 heterocycles. The summed E-state index contributed by atoms with van der Waals surface area (Å²) in [7, 11) is 0. The SMILES string of the molecule is CC1(C)CNCCCN1C(=O)Nc1ccc(Cl)cc1. The summed E-state index contributed by atoms with van der Waals surface area (Å²) in [5.41, 5.74) is 0.579. The zero-order chi connectivity index (χ0) is 13.9. The molecule has 4 nitrogen and oxygen atoms in total. The highest BCUT2D eigenvalue weighted by Gasteiger charge is 2.31. The van der Waals surface area contributed by atoms with Gasteiger partial charge in [0.1, 0.15) is 0 Å². The van der Waals surface area contributed by atoms with Crippen molar-refractivity contribution in [3.05, 3.63) is 29.3 Å². The van der Waals surface area contributed by atoms with Crippen LogP contribution in [0.2, 0.25) is 5.02 Å². The van der Waals surface area contributed by atoms with E-state index in [0.717, 1.165) is 31.7 Å². The Morgan fingerprint density at radius 3 is 2.74 bits per heavy atom. The van der Waals surface area contributed by atoms with Crippen molar-refractivity contribution in [2.24, 2.45) is 0 Å². The van der Waals surface area contributed by atoms with Crippen LogP contribution in [0.5, 0.6) is 0 Å². The summed E-state index contributed by atoms with van der Waals surface area (Å²) in [6.07, 6.45) is 0.970. The maximum Gasteiger partial charge on any atom is 0.322 e. The number of carbonyl (C=O) groups is 1.